The topological polar surface area (TPSA) is 55.6 Å². The van der Waals surface area contributed by atoms with Crippen molar-refractivity contribution < 1.29 is 0 Å². The summed E-state index contributed by atoms with van der Waals surface area (Å²) in [4.78, 5) is 13.4. The standard InChI is InChI=1S/C21H15N5/c1-2-9-16(10-3-1)25-20-19-21(23-13-22-20)26(14-24-19)18-12-6-8-15-7-4-5-11-17(15)18/h1-14H,(H,22,23,25). The zero-order chi connectivity index (χ0) is 17.3. The Labute approximate surface area is 150 Å². The molecule has 0 aliphatic carbocycles. The van der Waals surface area contributed by atoms with E-state index in [0.717, 1.165) is 27.9 Å². The highest BCUT2D eigenvalue weighted by molar-refractivity contribution is 5.93. The minimum absolute atomic E-state index is 0.695. The van der Waals surface area contributed by atoms with Gasteiger partial charge in [-0.15, -0.1) is 0 Å². The van der Waals surface area contributed by atoms with Gasteiger partial charge >= 0.3 is 0 Å². The number of nitrogens with zero attached hydrogens (tertiary/aromatic N) is 4. The molecule has 0 radical (unpaired) electrons. The van der Waals surface area contributed by atoms with Gasteiger partial charge in [-0.2, -0.15) is 0 Å². The molecule has 124 valence electrons. The van der Waals surface area contributed by atoms with Gasteiger partial charge in [0.1, 0.15) is 12.7 Å². The minimum Gasteiger partial charge on any atom is -0.338 e. The van der Waals surface area contributed by atoms with Crippen molar-refractivity contribution in [3.63, 3.8) is 0 Å². The summed E-state index contributed by atoms with van der Waals surface area (Å²) in [5, 5.41) is 5.66. The van der Waals surface area contributed by atoms with Crippen molar-refractivity contribution in [3.8, 4) is 5.69 Å². The number of aromatic nitrogens is 4. The maximum Gasteiger partial charge on any atom is 0.170 e. The summed E-state index contributed by atoms with van der Waals surface area (Å²) in [5.74, 6) is 0.695. The molecule has 5 nitrogen and oxygen atoms in total. The van der Waals surface area contributed by atoms with Crippen LogP contribution in [0.4, 0.5) is 11.5 Å². The van der Waals surface area contributed by atoms with Crippen LogP contribution in [-0.2, 0) is 0 Å². The molecule has 0 atom stereocenters. The largest absolute Gasteiger partial charge is 0.338 e. The third-order valence-corrected chi connectivity index (χ3v) is 4.40. The number of anilines is 2. The second-order valence-corrected chi connectivity index (χ2v) is 6.00. The molecular formula is C21H15N5. The molecule has 1 N–H and O–H groups in total. The lowest BCUT2D eigenvalue weighted by Gasteiger charge is -2.09. The van der Waals surface area contributed by atoms with Crippen LogP contribution in [0, 0.1) is 0 Å². The zero-order valence-corrected chi connectivity index (χ0v) is 13.9. The van der Waals surface area contributed by atoms with Crippen molar-refractivity contribution in [2.45, 2.75) is 0 Å². The van der Waals surface area contributed by atoms with E-state index in [9.17, 15) is 0 Å². The van der Waals surface area contributed by atoms with E-state index in [2.05, 4.69) is 44.5 Å². The van der Waals surface area contributed by atoms with Gasteiger partial charge in [-0.3, -0.25) is 4.57 Å². The third kappa shape index (κ3) is 2.38. The van der Waals surface area contributed by atoms with Gasteiger partial charge in [-0.1, -0.05) is 54.6 Å². The number of rotatable bonds is 3. The SMILES string of the molecule is c1ccc(Nc2ncnc3c2ncn3-c2cccc3ccccc23)cc1. The molecule has 5 heteroatoms. The monoisotopic (exact) mass is 337 g/mol. The Bertz CT molecular complexity index is 1210. The van der Waals surface area contributed by atoms with Crippen LogP contribution in [0.5, 0.6) is 0 Å². The second kappa shape index (κ2) is 5.97. The Morgan fingerprint density at radius 3 is 2.46 bits per heavy atom. The first-order valence-electron chi connectivity index (χ1n) is 8.38. The highest BCUT2D eigenvalue weighted by atomic mass is 15.1. The molecule has 0 saturated heterocycles. The van der Waals surface area contributed by atoms with Crippen molar-refractivity contribution in [1.29, 1.82) is 0 Å². The summed E-state index contributed by atoms with van der Waals surface area (Å²) in [6.45, 7) is 0. The van der Waals surface area contributed by atoms with E-state index in [0.29, 0.717) is 5.82 Å². The fourth-order valence-corrected chi connectivity index (χ4v) is 3.18. The van der Waals surface area contributed by atoms with Crippen LogP contribution in [0.25, 0.3) is 27.6 Å². The Hall–Kier alpha value is -3.73. The molecule has 2 aromatic heterocycles. The molecule has 2 heterocycles. The molecule has 0 saturated carbocycles. The fraction of sp³-hybridized carbons (Fsp3) is 0. The Balaban J connectivity index is 1.67. The number of para-hydroxylation sites is 1. The molecule has 0 fully saturated rings. The average Bonchev–Trinajstić information content (AvgIpc) is 3.13. The Kier molecular flexibility index (Phi) is 3.35. The van der Waals surface area contributed by atoms with Crippen LogP contribution in [0.1, 0.15) is 0 Å². The Morgan fingerprint density at radius 1 is 0.731 bits per heavy atom. The lowest BCUT2D eigenvalue weighted by atomic mass is 10.1. The fourth-order valence-electron chi connectivity index (χ4n) is 3.18. The predicted octanol–water partition coefficient (Wildman–Crippen LogP) is 4.71. The number of nitrogens with one attached hydrogen (secondary N) is 1. The summed E-state index contributed by atoms with van der Waals surface area (Å²) >= 11 is 0. The summed E-state index contributed by atoms with van der Waals surface area (Å²) in [6.07, 6.45) is 3.37. The molecule has 0 aliphatic heterocycles. The van der Waals surface area contributed by atoms with Gasteiger partial charge in [0.2, 0.25) is 0 Å². The predicted molar refractivity (Wildman–Crippen MR) is 104 cm³/mol. The summed E-state index contributed by atoms with van der Waals surface area (Å²) in [6, 6.07) is 24.5. The first kappa shape index (κ1) is 14.6. The maximum absolute atomic E-state index is 4.57. The van der Waals surface area contributed by atoms with E-state index < -0.39 is 0 Å². The minimum atomic E-state index is 0.695. The van der Waals surface area contributed by atoms with Crippen molar-refractivity contribution in [2.24, 2.45) is 0 Å². The summed E-state index contributed by atoms with van der Waals surface area (Å²) in [7, 11) is 0. The lowest BCUT2D eigenvalue weighted by molar-refractivity contribution is 1.07. The molecular weight excluding hydrogens is 322 g/mol. The zero-order valence-electron chi connectivity index (χ0n) is 13.9. The van der Waals surface area contributed by atoms with Crippen molar-refractivity contribution in [1.82, 2.24) is 19.5 Å². The van der Waals surface area contributed by atoms with Gasteiger partial charge in [-0.25, -0.2) is 15.0 Å². The number of imidazole rings is 1. The smallest absolute Gasteiger partial charge is 0.170 e. The number of hydrogen-bond donors (Lipinski definition) is 1. The van der Waals surface area contributed by atoms with E-state index >= 15 is 0 Å². The molecule has 26 heavy (non-hydrogen) atoms. The van der Waals surface area contributed by atoms with E-state index in [-0.39, 0.29) is 0 Å². The normalized spacial score (nSPS) is 11.1. The number of hydrogen-bond acceptors (Lipinski definition) is 4. The van der Waals surface area contributed by atoms with E-state index in [4.69, 9.17) is 0 Å². The summed E-state index contributed by atoms with van der Waals surface area (Å²) < 4.78 is 2.01. The molecule has 5 rings (SSSR count). The third-order valence-electron chi connectivity index (χ3n) is 4.40. The quantitative estimate of drug-likeness (QED) is 0.518. The van der Waals surface area contributed by atoms with Crippen LogP contribution >= 0.6 is 0 Å². The first-order chi connectivity index (χ1) is 12.9. The highest BCUT2D eigenvalue weighted by Gasteiger charge is 2.13. The highest BCUT2D eigenvalue weighted by Crippen LogP contribution is 2.27. The van der Waals surface area contributed by atoms with Gasteiger partial charge in [-0.05, 0) is 23.6 Å². The van der Waals surface area contributed by atoms with Crippen LogP contribution < -0.4 is 5.32 Å². The van der Waals surface area contributed by atoms with Crippen molar-refractivity contribution in [2.75, 3.05) is 5.32 Å². The maximum atomic E-state index is 4.57. The van der Waals surface area contributed by atoms with Crippen LogP contribution in [-0.4, -0.2) is 19.5 Å². The lowest BCUT2D eigenvalue weighted by Crippen LogP contribution is -1.98. The van der Waals surface area contributed by atoms with E-state index in [1.165, 1.54) is 5.39 Å². The summed E-state index contributed by atoms with van der Waals surface area (Å²) in [5.41, 5.74) is 3.53. The molecule has 0 aliphatic rings. The molecule has 0 bridgehead atoms. The average molecular weight is 337 g/mol. The van der Waals surface area contributed by atoms with Crippen LogP contribution in [0.3, 0.4) is 0 Å². The van der Waals surface area contributed by atoms with Gasteiger partial charge in [0, 0.05) is 11.1 Å². The number of fused-ring (bicyclic) bond motifs is 2. The van der Waals surface area contributed by atoms with Gasteiger partial charge < -0.3 is 5.32 Å². The van der Waals surface area contributed by atoms with E-state index in [1.807, 2.05) is 53.1 Å². The molecule has 0 amide bonds. The van der Waals surface area contributed by atoms with Gasteiger partial charge in [0.25, 0.3) is 0 Å². The van der Waals surface area contributed by atoms with Gasteiger partial charge in [0.05, 0.1) is 5.69 Å². The van der Waals surface area contributed by atoms with Crippen LogP contribution in [0.2, 0.25) is 0 Å². The first-order valence-corrected chi connectivity index (χ1v) is 8.38. The van der Waals surface area contributed by atoms with E-state index in [1.54, 1.807) is 12.7 Å². The van der Waals surface area contributed by atoms with Crippen LogP contribution in [0.15, 0.2) is 85.5 Å². The molecule has 0 unspecified atom stereocenters. The molecule has 5 aromatic rings. The second-order valence-electron chi connectivity index (χ2n) is 6.00. The molecule has 3 aromatic carbocycles. The number of benzene rings is 3. The van der Waals surface area contributed by atoms with Crippen molar-refractivity contribution in [3.05, 3.63) is 85.5 Å². The van der Waals surface area contributed by atoms with Crippen molar-refractivity contribution >= 4 is 33.4 Å². The van der Waals surface area contributed by atoms with Gasteiger partial charge in [0.15, 0.2) is 17.0 Å². The molecule has 0 spiro atoms. The Morgan fingerprint density at radius 2 is 1.54 bits per heavy atom.